The van der Waals surface area contributed by atoms with E-state index >= 15 is 0 Å². The Hall–Kier alpha value is -1.89. The molecule has 19 heavy (non-hydrogen) atoms. The van der Waals surface area contributed by atoms with Crippen LogP contribution in [0.4, 0.5) is 0 Å². The molecule has 0 atom stereocenters. The number of nitrogens with zero attached hydrogens (tertiary/aromatic N) is 3. The molecule has 1 aromatic heterocycles. The highest BCUT2D eigenvalue weighted by atomic mass is 16.5. The van der Waals surface area contributed by atoms with Crippen molar-refractivity contribution < 1.29 is 14.3 Å². The lowest BCUT2D eigenvalue weighted by atomic mass is 10.1. The van der Waals surface area contributed by atoms with E-state index in [2.05, 4.69) is 10.2 Å². The number of aromatic amines is 1. The van der Waals surface area contributed by atoms with Gasteiger partial charge in [0, 0.05) is 43.9 Å². The first-order valence-electron chi connectivity index (χ1n) is 6.42. The quantitative estimate of drug-likeness (QED) is 0.723. The molecule has 1 fully saturated rings. The molecule has 0 unspecified atom stereocenters. The summed E-state index contributed by atoms with van der Waals surface area (Å²) in [5, 5.41) is 7.05. The molecule has 0 aliphatic carbocycles. The van der Waals surface area contributed by atoms with Crippen LogP contribution in [0.1, 0.15) is 21.7 Å². The van der Waals surface area contributed by atoms with Crippen molar-refractivity contribution in [3.05, 3.63) is 17.0 Å². The lowest BCUT2D eigenvalue weighted by Crippen LogP contribution is -2.48. The molecule has 7 heteroatoms. The highest BCUT2D eigenvalue weighted by Crippen LogP contribution is 2.19. The number of carbonyl (C=O) groups is 2. The zero-order valence-electron chi connectivity index (χ0n) is 10.6. The second kappa shape index (κ2) is 5.00. The smallest absolute Gasteiger partial charge is 0.274 e. The summed E-state index contributed by atoms with van der Waals surface area (Å²) < 4.78 is 5.38. The molecule has 0 bridgehead atoms. The highest BCUT2D eigenvalue weighted by Gasteiger charge is 2.27. The molecule has 102 valence electrons. The van der Waals surface area contributed by atoms with Crippen LogP contribution >= 0.6 is 0 Å². The summed E-state index contributed by atoms with van der Waals surface area (Å²) in [6, 6.07) is 0. The number of piperazine rings is 1. The number of H-pyrrole nitrogens is 1. The number of amides is 2. The zero-order chi connectivity index (χ0) is 13.2. The van der Waals surface area contributed by atoms with Crippen LogP contribution in [-0.2, 0) is 22.6 Å². The minimum Gasteiger partial charge on any atom is -0.376 e. The molecule has 2 amide bonds. The number of fused-ring (bicyclic) bond motifs is 1. The molecule has 2 aliphatic heterocycles. The molecule has 0 saturated carbocycles. The number of hydrogen-bond acceptors (Lipinski definition) is 4. The molecule has 1 N–H and O–H groups in total. The second-order valence-electron chi connectivity index (χ2n) is 4.77. The highest BCUT2D eigenvalue weighted by molar-refractivity contribution is 5.94. The van der Waals surface area contributed by atoms with Gasteiger partial charge in [0.2, 0.25) is 6.41 Å². The van der Waals surface area contributed by atoms with Crippen molar-refractivity contribution in [1.29, 1.82) is 0 Å². The monoisotopic (exact) mass is 264 g/mol. The van der Waals surface area contributed by atoms with Crippen molar-refractivity contribution in [1.82, 2.24) is 20.0 Å². The summed E-state index contributed by atoms with van der Waals surface area (Å²) in [6.45, 7) is 3.39. The maximum Gasteiger partial charge on any atom is 0.274 e. The molecule has 3 heterocycles. The minimum absolute atomic E-state index is 0.0754. The van der Waals surface area contributed by atoms with Gasteiger partial charge in [-0.05, 0) is 0 Å². The first-order chi connectivity index (χ1) is 9.29. The van der Waals surface area contributed by atoms with Gasteiger partial charge in [-0.3, -0.25) is 14.7 Å². The van der Waals surface area contributed by atoms with Crippen LogP contribution in [0.15, 0.2) is 0 Å². The Morgan fingerprint density at radius 3 is 2.84 bits per heavy atom. The molecule has 2 aliphatic rings. The van der Waals surface area contributed by atoms with Gasteiger partial charge in [-0.25, -0.2) is 0 Å². The lowest BCUT2D eigenvalue weighted by Gasteiger charge is -2.32. The summed E-state index contributed by atoms with van der Waals surface area (Å²) >= 11 is 0. The van der Waals surface area contributed by atoms with Crippen LogP contribution in [0.5, 0.6) is 0 Å². The van der Waals surface area contributed by atoms with E-state index in [1.54, 1.807) is 9.80 Å². The van der Waals surface area contributed by atoms with Crippen molar-refractivity contribution in [2.45, 2.75) is 13.0 Å². The van der Waals surface area contributed by atoms with E-state index in [1.165, 1.54) is 0 Å². The lowest BCUT2D eigenvalue weighted by molar-refractivity contribution is -0.119. The van der Waals surface area contributed by atoms with E-state index in [0.717, 1.165) is 24.1 Å². The van der Waals surface area contributed by atoms with E-state index in [1.807, 2.05) is 0 Å². The molecule has 7 nitrogen and oxygen atoms in total. The van der Waals surface area contributed by atoms with Gasteiger partial charge in [-0.15, -0.1) is 0 Å². The number of rotatable bonds is 2. The van der Waals surface area contributed by atoms with Crippen molar-refractivity contribution >= 4 is 12.3 Å². The standard InChI is InChI=1S/C12H16N4O3/c17-8-15-2-4-16(5-3-15)12(18)11-9-7-19-6-1-10(9)13-14-11/h8H,1-7H2,(H,13,14). The average Bonchev–Trinajstić information content (AvgIpc) is 2.90. The van der Waals surface area contributed by atoms with Crippen LogP contribution < -0.4 is 0 Å². The summed E-state index contributed by atoms with van der Waals surface area (Å²) in [7, 11) is 0. The fraction of sp³-hybridized carbons (Fsp3) is 0.583. The molecule has 0 spiro atoms. The number of nitrogens with one attached hydrogen (secondary N) is 1. The molecule has 1 saturated heterocycles. The second-order valence-corrected chi connectivity index (χ2v) is 4.77. The first kappa shape index (κ1) is 12.2. The van der Waals surface area contributed by atoms with Gasteiger partial charge in [-0.2, -0.15) is 5.10 Å². The van der Waals surface area contributed by atoms with Gasteiger partial charge in [0.25, 0.3) is 5.91 Å². The number of carbonyl (C=O) groups excluding carboxylic acids is 2. The van der Waals surface area contributed by atoms with Crippen molar-refractivity contribution in [3.8, 4) is 0 Å². The van der Waals surface area contributed by atoms with Gasteiger partial charge in [0.15, 0.2) is 5.69 Å². The molecule has 0 aromatic carbocycles. The largest absolute Gasteiger partial charge is 0.376 e. The van der Waals surface area contributed by atoms with Crippen LogP contribution in [0, 0.1) is 0 Å². The Labute approximate surface area is 110 Å². The topological polar surface area (TPSA) is 78.5 Å². The Bertz CT molecular complexity index is 491. The SMILES string of the molecule is O=CN1CCN(C(=O)c2n[nH]c3c2COCC3)CC1. The van der Waals surface area contributed by atoms with E-state index in [4.69, 9.17) is 4.74 Å². The van der Waals surface area contributed by atoms with Gasteiger partial charge in [0.1, 0.15) is 0 Å². The van der Waals surface area contributed by atoms with Crippen molar-refractivity contribution in [2.75, 3.05) is 32.8 Å². The maximum atomic E-state index is 12.4. The summed E-state index contributed by atoms with van der Waals surface area (Å²) in [6.07, 6.45) is 1.60. The Morgan fingerprint density at radius 1 is 1.32 bits per heavy atom. The van der Waals surface area contributed by atoms with Gasteiger partial charge < -0.3 is 14.5 Å². The zero-order valence-corrected chi connectivity index (χ0v) is 10.6. The Kier molecular flexibility index (Phi) is 3.20. The Morgan fingerprint density at radius 2 is 2.11 bits per heavy atom. The van der Waals surface area contributed by atoms with E-state index < -0.39 is 0 Å². The number of ether oxygens (including phenoxy) is 1. The summed E-state index contributed by atoms with van der Waals surface area (Å²) in [5.41, 5.74) is 2.35. The predicted molar refractivity (Wildman–Crippen MR) is 65.5 cm³/mol. The van der Waals surface area contributed by atoms with Crippen LogP contribution in [0.3, 0.4) is 0 Å². The van der Waals surface area contributed by atoms with Crippen LogP contribution in [0.25, 0.3) is 0 Å². The third-order valence-corrected chi connectivity index (χ3v) is 3.65. The van der Waals surface area contributed by atoms with E-state index in [0.29, 0.717) is 45.1 Å². The van der Waals surface area contributed by atoms with Crippen molar-refractivity contribution in [2.24, 2.45) is 0 Å². The van der Waals surface area contributed by atoms with E-state index in [9.17, 15) is 9.59 Å². The Balaban J connectivity index is 1.74. The average molecular weight is 264 g/mol. The number of aromatic nitrogens is 2. The van der Waals surface area contributed by atoms with Crippen LogP contribution in [-0.4, -0.2) is 65.1 Å². The maximum absolute atomic E-state index is 12.4. The normalized spacial score (nSPS) is 19.2. The fourth-order valence-electron chi connectivity index (χ4n) is 2.47. The fourth-order valence-corrected chi connectivity index (χ4v) is 2.47. The number of hydrogen-bond donors (Lipinski definition) is 1. The molecule has 1 aromatic rings. The summed E-state index contributed by atoms with van der Waals surface area (Å²) in [4.78, 5) is 26.5. The first-order valence-corrected chi connectivity index (χ1v) is 6.42. The third-order valence-electron chi connectivity index (χ3n) is 3.65. The van der Waals surface area contributed by atoms with Gasteiger partial charge in [-0.1, -0.05) is 0 Å². The van der Waals surface area contributed by atoms with E-state index in [-0.39, 0.29) is 5.91 Å². The van der Waals surface area contributed by atoms with Gasteiger partial charge in [0.05, 0.1) is 13.2 Å². The van der Waals surface area contributed by atoms with Crippen molar-refractivity contribution in [3.63, 3.8) is 0 Å². The molecular formula is C12H16N4O3. The summed E-state index contributed by atoms with van der Waals surface area (Å²) in [5.74, 6) is -0.0754. The molecule has 3 rings (SSSR count). The third kappa shape index (κ3) is 2.21. The molecule has 0 radical (unpaired) electrons. The van der Waals surface area contributed by atoms with Crippen LogP contribution in [0.2, 0.25) is 0 Å². The van der Waals surface area contributed by atoms with Gasteiger partial charge >= 0.3 is 0 Å². The minimum atomic E-state index is -0.0754. The molecular weight excluding hydrogens is 248 g/mol. The predicted octanol–water partition coefficient (Wildman–Crippen LogP) is -0.603.